The quantitative estimate of drug-likeness (QED) is 0.221. The van der Waals surface area contributed by atoms with Crippen molar-refractivity contribution >= 4 is 17.4 Å². The number of para-hydroxylation sites is 1. The molecule has 0 aliphatic heterocycles. The van der Waals surface area contributed by atoms with E-state index in [1.807, 2.05) is 48.7 Å². The van der Waals surface area contributed by atoms with Gasteiger partial charge in [0, 0.05) is 36.3 Å². The summed E-state index contributed by atoms with van der Waals surface area (Å²) in [5.41, 5.74) is 3.57. The van der Waals surface area contributed by atoms with E-state index in [9.17, 15) is 19.4 Å². The molecule has 2 aromatic heterocycles. The highest BCUT2D eigenvalue weighted by Crippen LogP contribution is 2.35. The summed E-state index contributed by atoms with van der Waals surface area (Å²) in [4.78, 5) is 25.5. The van der Waals surface area contributed by atoms with Crippen LogP contribution in [0.1, 0.15) is 51.8 Å². The maximum absolute atomic E-state index is 13.8. The molecule has 0 saturated carbocycles. The normalized spacial score (nSPS) is 12.9. The number of hydrogen-bond donors (Lipinski definition) is 3. The largest absolute Gasteiger partial charge is 0.393 e. The molecule has 2 heterocycles. The topological polar surface area (TPSA) is 113 Å². The van der Waals surface area contributed by atoms with Crippen molar-refractivity contribution in [1.82, 2.24) is 19.5 Å². The fraction of sp³-hybridized carbons (Fsp3) is 0.333. The van der Waals surface area contributed by atoms with Crippen LogP contribution < -0.4 is 5.32 Å². The van der Waals surface area contributed by atoms with E-state index in [0.29, 0.717) is 30.3 Å². The third-order valence-electron chi connectivity index (χ3n) is 6.31. The summed E-state index contributed by atoms with van der Waals surface area (Å²) in [5.74, 6) is 0.780. The molecule has 0 amide bonds. The number of rotatable bonds is 12. The van der Waals surface area contributed by atoms with E-state index < -0.39 is 12.2 Å². The minimum atomic E-state index is -0.896. The van der Waals surface area contributed by atoms with E-state index in [2.05, 4.69) is 10.3 Å². The van der Waals surface area contributed by atoms with Gasteiger partial charge in [-0.25, -0.2) is 19.3 Å². The van der Waals surface area contributed by atoms with Crippen molar-refractivity contribution in [2.75, 3.05) is 5.32 Å². The third kappa shape index (κ3) is 7.34. The van der Waals surface area contributed by atoms with Gasteiger partial charge in [-0.15, -0.1) is 0 Å². The van der Waals surface area contributed by atoms with E-state index in [1.165, 1.54) is 19.1 Å². The Kier molecular flexibility index (Phi) is 9.16. The predicted octanol–water partition coefficient (Wildman–Crippen LogP) is 5.49. The number of aliphatic hydroxyl groups is 2. The molecule has 8 nitrogen and oxygen atoms in total. The summed E-state index contributed by atoms with van der Waals surface area (Å²) < 4.78 is 15.8. The van der Waals surface area contributed by atoms with Crippen molar-refractivity contribution in [1.29, 1.82) is 0 Å². The average molecular weight is 532 g/mol. The molecule has 0 unspecified atom stereocenters. The van der Waals surface area contributed by atoms with Gasteiger partial charge < -0.3 is 20.1 Å². The number of nitrogens with zero attached hydrogens (tertiary/aromatic N) is 4. The average Bonchev–Trinajstić information content (AvgIpc) is 3.28. The van der Waals surface area contributed by atoms with Gasteiger partial charge in [0.1, 0.15) is 17.4 Å². The maximum Gasteiger partial charge on any atom is 0.227 e. The first-order chi connectivity index (χ1) is 18.7. The molecular weight excluding hydrogens is 497 g/mol. The van der Waals surface area contributed by atoms with E-state index in [4.69, 9.17) is 9.97 Å². The van der Waals surface area contributed by atoms with Crippen LogP contribution >= 0.6 is 0 Å². The second-order valence-electron chi connectivity index (χ2n) is 9.98. The van der Waals surface area contributed by atoms with Gasteiger partial charge in [0.2, 0.25) is 5.95 Å². The Morgan fingerprint density at radius 3 is 2.38 bits per heavy atom. The van der Waals surface area contributed by atoms with Crippen LogP contribution in [0.15, 0.2) is 66.9 Å². The third-order valence-corrected chi connectivity index (χ3v) is 6.31. The number of anilines is 2. The summed E-state index contributed by atoms with van der Waals surface area (Å²) in [6.45, 7) is 5.89. The molecule has 0 saturated heterocycles. The molecule has 0 aliphatic rings. The number of benzene rings is 2. The summed E-state index contributed by atoms with van der Waals surface area (Å²) in [5, 5.41) is 24.0. The first-order valence-electron chi connectivity index (χ1n) is 13.1. The molecule has 4 rings (SSSR count). The molecule has 39 heavy (non-hydrogen) atoms. The van der Waals surface area contributed by atoms with Gasteiger partial charge in [0.05, 0.1) is 29.3 Å². The van der Waals surface area contributed by atoms with Crippen LogP contribution in [0.25, 0.3) is 22.6 Å². The Bertz CT molecular complexity index is 1390. The van der Waals surface area contributed by atoms with Gasteiger partial charge in [-0.2, -0.15) is 0 Å². The van der Waals surface area contributed by atoms with Crippen molar-refractivity contribution in [2.45, 2.75) is 64.7 Å². The van der Waals surface area contributed by atoms with Crippen LogP contribution in [0.3, 0.4) is 0 Å². The van der Waals surface area contributed by atoms with Crippen molar-refractivity contribution < 1.29 is 19.4 Å². The lowest BCUT2D eigenvalue weighted by Crippen LogP contribution is -2.22. The lowest BCUT2D eigenvalue weighted by Gasteiger charge is -2.18. The Morgan fingerprint density at radius 2 is 1.72 bits per heavy atom. The van der Waals surface area contributed by atoms with Gasteiger partial charge in [-0.05, 0) is 62.2 Å². The number of imidazole rings is 1. The number of carbonyl (C=O) groups excluding carboxylic acids is 1. The highest BCUT2D eigenvalue weighted by Gasteiger charge is 2.24. The van der Waals surface area contributed by atoms with Crippen molar-refractivity contribution in [3.8, 4) is 22.6 Å². The molecule has 0 aliphatic carbocycles. The summed E-state index contributed by atoms with van der Waals surface area (Å²) >= 11 is 0. The van der Waals surface area contributed by atoms with Gasteiger partial charge in [0.15, 0.2) is 0 Å². The fourth-order valence-corrected chi connectivity index (χ4v) is 4.53. The fourth-order valence-electron chi connectivity index (χ4n) is 4.53. The van der Waals surface area contributed by atoms with Gasteiger partial charge in [0.25, 0.3) is 0 Å². The minimum absolute atomic E-state index is 0.0114. The number of aromatic nitrogens is 4. The zero-order valence-corrected chi connectivity index (χ0v) is 22.4. The first kappa shape index (κ1) is 28.1. The summed E-state index contributed by atoms with van der Waals surface area (Å²) in [6, 6.07) is 17.6. The molecule has 0 fully saturated rings. The molecule has 2 atom stereocenters. The molecule has 0 spiro atoms. The van der Waals surface area contributed by atoms with Crippen LogP contribution in [-0.4, -0.2) is 47.7 Å². The lowest BCUT2D eigenvalue weighted by atomic mass is 10.0. The molecule has 204 valence electrons. The van der Waals surface area contributed by atoms with E-state index in [0.717, 1.165) is 22.8 Å². The SMILES string of the molecule is CC(=O)C[C@H](O)C[C@H](O)CCn1c(C(C)C)nc(-c2ccc(F)cc2)c1-c1ccnc(Nc2ccccc2)n1. The van der Waals surface area contributed by atoms with Crippen LogP contribution in [0.2, 0.25) is 0 Å². The number of aliphatic hydroxyl groups excluding tert-OH is 2. The Morgan fingerprint density at radius 1 is 1.00 bits per heavy atom. The molecule has 4 aromatic rings. The van der Waals surface area contributed by atoms with Gasteiger partial charge in [-0.1, -0.05) is 32.0 Å². The van der Waals surface area contributed by atoms with E-state index >= 15 is 0 Å². The second kappa shape index (κ2) is 12.7. The van der Waals surface area contributed by atoms with E-state index in [-0.39, 0.29) is 30.4 Å². The van der Waals surface area contributed by atoms with Crippen molar-refractivity contribution in [2.24, 2.45) is 0 Å². The second-order valence-corrected chi connectivity index (χ2v) is 9.98. The number of carbonyl (C=O) groups is 1. The lowest BCUT2D eigenvalue weighted by molar-refractivity contribution is -0.119. The highest BCUT2D eigenvalue weighted by atomic mass is 19.1. The van der Waals surface area contributed by atoms with Crippen LogP contribution in [0.5, 0.6) is 0 Å². The zero-order chi connectivity index (χ0) is 27.9. The van der Waals surface area contributed by atoms with Crippen LogP contribution in [0, 0.1) is 5.82 Å². The molecule has 0 radical (unpaired) electrons. The molecule has 9 heteroatoms. The number of halogens is 1. The van der Waals surface area contributed by atoms with E-state index in [1.54, 1.807) is 24.4 Å². The highest BCUT2D eigenvalue weighted by molar-refractivity contribution is 5.78. The van der Waals surface area contributed by atoms with Crippen molar-refractivity contribution in [3.63, 3.8) is 0 Å². The van der Waals surface area contributed by atoms with Crippen LogP contribution in [0.4, 0.5) is 16.0 Å². The predicted molar refractivity (Wildman–Crippen MR) is 149 cm³/mol. The standard InChI is InChI=1S/C30H34FN5O3/c1-19(2)29-35-27(21-9-11-22(31)12-10-21)28(36(29)16-14-24(38)18-25(39)17-20(3)37)26-13-15-32-30(34-26)33-23-7-5-4-6-8-23/h4-13,15,19,24-25,38-39H,14,16-18H2,1-3H3,(H,32,33,34)/t24-,25+/m1/s1. The van der Waals surface area contributed by atoms with Gasteiger partial charge in [-0.3, -0.25) is 4.79 Å². The maximum atomic E-state index is 13.8. The number of Topliss-reactive ketones (excluding diaryl/α,β-unsaturated/α-hetero) is 1. The van der Waals surface area contributed by atoms with Crippen molar-refractivity contribution in [3.05, 3.63) is 78.5 Å². The number of ketones is 1. The molecular formula is C30H34FN5O3. The van der Waals surface area contributed by atoms with Crippen LogP contribution in [-0.2, 0) is 11.3 Å². The molecule has 0 bridgehead atoms. The Hall–Kier alpha value is -3.95. The molecule has 3 N–H and O–H groups in total. The summed E-state index contributed by atoms with van der Waals surface area (Å²) in [7, 11) is 0. The smallest absolute Gasteiger partial charge is 0.227 e. The molecule has 2 aromatic carbocycles. The Labute approximate surface area is 227 Å². The van der Waals surface area contributed by atoms with Gasteiger partial charge >= 0.3 is 0 Å². The number of hydrogen-bond acceptors (Lipinski definition) is 7. The zero-order valence-electron chi connectivity index (χ0n) is 22.4. The minimum Gasteiger partial charge on any atom is -0.393 e. The Balaban J connectivity index is 1.74. The summed E-state index contributed by atoms with van der Waals surface area (Å²) in [6.07, 6.45) is 0.404. The first-order valence-corrected chi connectivity index (χ1v) is 13.1. The monoisotopic (exact) mass is 531 g/mol. The number of nitrogens with one attached hydrogen (secondary N) is 1.